The predicted molar refractivity (Wildman–Crippen MR) is 61.7 cm³/mol. The fraction of sp³-hybridized carbons (Fsp3) is 0.909. The van der Waals surface area contributed by atoms with Crippen LogP contribution in [-0.4, -0.2) is 24.7 Å². The van der Waals surface area contributed by atoms with Gasteiger partial charge in [-0.3, -0.25) is 0 Å². The topological polar surface area (TPSA) is 67.1 Å². The van der Waals surface area contributed by atoms with E-state index >= 15 is 0 Å². The quantitative estimate of drug-likeness (QED) is 0.660. The lowest BCUT2D eigenvalue weighted by Gasteiger charge is -2.22. The molecule has 0 spiro atoms. The maximum Gasteiger partial charge on any atom is 0.315 e. The molecule has 1 fully saturated rings. The van der Waals surface area contributed by atoms with Crippen LogP contribution in [0.25, 0.3) is 0 Å². The normalized spacial score (nSPS) is 19.6. The van der Waals surface area contributed by atoms with E-state index in [0.29, 0.717) is 12.6 Å². The zero-order chi connectivity index (χ0) is 11.1. The number of nitrogens with one attached hydrogen (secondary N) is 2. The highest BCUT2D eigenvalue weighted by Crippen LogP contribution is 2.16. The molecule has 0 saturated heterocycles. The molecule has 4 N–H and O–H groups in total. The van der Waals surface area contributed by atoms with Gasteiger partial charge in [0.05, 0.1) is 0 Å². The number of urea groups is 1. The molecule has 1 saturated carbocycles. The number of hydrogen-bond acceptors (Lipinski definition) is 2. The summed E-state index contributed by atoms with van der Waals surface area (Å²) in [6.45, 7) is 2.61. The summed E-state index contributed by atoms with van der Waals surface area (Å²) < 4.78 is 0. The molecular weight excluding hydrogens is 190 g/mol. The van der Waals surface area contributed by atoms with Crippen LogP contribution < -0.4 is 16.4 Å². The number of carbonyl (C=O) groups excluding carboxylic acids is 1. The van der Waals surface area contributed by atoms with E-state index in [-0.39, 0.29) is 12.1 Å². The van der Waals surface area contributed by atoms with Gasteiger partial charge in [0, 0.05) is 18.6 Å². The Hall–Kier alpha value is -0.770. The summed E-state index contributed by atoms with van der Waals surface area (Å²) in [6.07, 6.45) is 6.87. The number of nitrogens with two attached hydrogens (primary N) is 1. The molecule has 15 heavy (non-hydrogen) atoms. The monoisotopic (exact) mass is 213 g/mol. The van der Waals surface area contributed by atoms with E-state index < -0.39 is 0 Å². The van der Waals surface area contributed by atoms with Crippen LogP contribution in [0.15, 0.2) is 0 Å². The van der Waals surface area contributed by atoms with Gasteiger partial charge in [-0.1, -0.05) is 19.3 Å². The summed E-state index contributed by atoms with van der Waals surface area (Å²) >= 11 is 0. The van der Waals surface area contributed by atoms with Crippen molar-refractivity contribution < 1.29 is 4.79 Å². The van der Waals surface area contributed by atoms with Gasteiger partial charge in [0.15, 0.2) is 0 Å². The van der Waals surface area contributed by atoms with Crippen LogP contribution >= 0.6 is 0 Å². The maximum atomic E-state index is 11.4. The minimum Gasteiger partial charge on any atom is -0.338 e. The highest BCUT2D eigenvalue weighted by molar-refractivity contribution is 5.74. The maximum absolute atomic E-state index is 11.4. The first-order chi connectivity index (χ1) is 7.18. The van der Waals surface area contributed by atoms with Crippen molar-refractivity contribution >= 4 is 6.03 Å². The molecule has 1 aliphatic carbocycles. The molecule has 2 amide bonds. The molecule has 1 atom stereocenters. The van der Waals surface area contributed by atoms with Crippen LogP contribution in [0, 0.1) is 0 Å². The standard InChI is InChI=1S/C11H23N3O/c1-9(12)7-8-13-11(15)14-10-5-3-2-4-6-10/h9-10H,2-8,12H2,1H3,(H2,13,14,15). The van der Waals surface area contributed by atoms with Crippen molar-refractivity contribution in [1.82, 2.24) is 10.6 Å². The summed E-state index contributed by atoms with van der Waals surface area (Å²) in [7, 11) is 0. The molecule has 88 valence electrons. The molecule has 0 radical (unpaired) electrons. The highest BCUT2D eigenvalue weighted by atomic mass is 16.2. The van der Waals surface area contributed by atoms with Crippen LogP contribution in [-0.2, 0) is 0 Å². The second kappa shape index (κ2) is 6.67. The van der Waals surface area contributed by atoms with Gasteiger partial charge in [-0.15, -0.1) is 0 Å². The fourth-order valence-corrected chi connectivity index (χ4v) is 1.90. The van der Waals surface area contributed by atoms with E-state index in [4.69, 9.17) is 5.73 Å². The van der Waals surface area contributed by atoms with Crippen LogP contribution in [0.2, 0.25) is 0 Å². The molecule has 0 aromatic rings. The van der Waals surface area contributed by atoms with Crippen molar-refractivity contribution in [2.45, 2.75) is 57.5 Å². The minimum atomic E-state index is -0.0393. The number of rotatable bonds is 4. The lowest BCUT2D eigenvalue weighted by atomic mass is 9.96. The van der Waals surface area contributed by atoms with Gasteiger partial charge in [-0.2, -0.15) is 0 Å². The van der Waals surface area contributed by atoms with Crippen molar-refractivity contribution in [3.63, 3.8) is 0 Å². The Morgan fingerprint density at radius 1 is 1.40 bits per heavy atom. The van der Waals surface area contributed by atoms with Gasteiger partial charge in [0.25, 0.3) is 0 Å². The third-order valence-corrected chi connectivity index (χ3v) is 2.83. The van der Waals surface area contributed by atoms with Gasteiger partial charge in [0.2, 0.25) is 0 Å². The first-order valence-corrected chi connectivity index (χ1v) is 5.98. The first kappa shape index (κ1) is 12.3. The molecule has 4 nitrogen and oxygen atoms in total. The Kier molecular flexibility index (Phi) is 5.47. The molecule has 0 aromatic heterocycles. The molecule has 0 aromatic carbocycles. The number of amides is 2. The lowest BCUT2D eigenvalue weighted by molar-refractivity contribution is 0.232. The van der Waals surface area contributed by atoms with E-state index in [1.165, 1.54) is 19.3 Å². The summed E-state index contributed by atoms with van der Waals surface area (Å²) in [4.78, 5) is 11.4. The van der Waals surface area contributed by atoms with Crippen LogP contribution in [0.5, 0.6) is 0 Å². The molecule has 1 unspecified atom stereocenters. The Morgan fingerprint density at radius 3 is 2.67 bits per heavy atom. The minimum absolute atomic E-state index is 0.0393. The van der Waals surface area contributed by atoms with Crippen molar-refractivity contribution in [3.8, 4) is 0 Å². The van der Waals surface area contributed by atoms with Crippen LogP contribution in [0.1, 0.15) is 45.4 Å². The Balaban J connectivity index is 2.06. The Bertz CT molecular complexity index is 188. The van der Waals surface area contributed by atoms with E-state index in [2.05, 4.69) is 10.6 Å². The van der Waals surface area contributed by atoms with Gasteiger partial charge in [-0.25, -0.2) is 4.79 Å². The smallest absolute Gasteiger partial charge is 0.315 e. The van der Waals surface area contributed by atoms with Crippen LogP contribution in [0.4, 0.5) is 4.79 Å². The third kappa shape index (κ3) is 5.62. The van der Waals surface area contributed by atoms with Gasteiger partial charge in [0.1, 0.15) is 0 Å². The molecule has 1 aliphatic rings. The first-order valence-electron chi connectivity index (χ1n) is 5.98. The van der Waals surface area contributed by atoms with E-state index in [9.17, 15) is 4.79 Å². The number of carbonyl (C=O) groups is 1. The second-order valence-electron chi connectivity index (χ2n) is 4.50. The largest absolute Gasteiger partial charge is 0.338 e. The van der Waals surface area contributed by atoms with Crippen molar-refractivity contribution in [1.29, 1.82) is 0 Å². The third-order valence-electron chi connectivity index (χ3n) is 2.83. The van der Waals surface area contributed by atoms with Crippen LogP contribution in [0.3, 0.4) is 0 Å². The van der Waals surface area contributed by atoms with E-state index in [1.54, 1.807) is 0 Å². The molecule has 4 heteroatoms. The SMILES string of the molecule is CC(N)CCNC(=O)NC1CCCCC1. The van der Waals surface area contributed by atoms with Gasteiger partial charge in [-0.05, 0) is 26.2 Å². The molecule has 0 heterocycles. The van der Waals surface area contributed by atoms with Crippen molar-refractivity contribution in [3.05, 3.63) is 0 Å². The molecular formula is C11H23N3O. The molecule has 1 rings (SSSR count). The zero-order valence-corrected chi connectivity index (χ0v) is 9.59. The Morgan fingerprint density at radius 2 is 2.07 bits per heavy atom. The van der Waals surface area contributed by atoms with E-state index in [1.807, 2.05) is 6.92 Å². The fourth-order valence-electron chi connectivity index (χ4n) is 1.90. The Labute approximate surface area is 92.0 Å². The van der Waals surface area contributed by atoms with Gasteiger partial charge >= 0.3 is 6.03 Å². The average Bonchev–Trinajstić information content (AvgIpc) is 2.18. The summed E-state index contributed by atoms with van der Waals surface area (Å²) in [5.74, 6) is 0. The second-order valence-corrected chi connectivity index (χ2v) is 4.50. The average molecular weight is 213 g/mol. The zero-order valence-electron chi connectivity index (χ0n) is 9.59. The summed E-state index contributed by atoms with van der Waals surface area (Å²) in [5.41, 5.74) is 5.59. The summed E-state index contributed by atoms with van der Waals surface area (Å²) in [6, 6.07) is 0.497. The van der Waals surface area contributed by atoms with Crippen molar-refractivity contribution in [2.24, 2.45) is 5.73 Å². The molecule has 0 aliphatic heterocycles. The predicted octanol–water partition coefficient (Wildman–Crippen LogP) is 1.36. The van der Waals surface area contributed by atoms with Gasteiger partial charge < -0.3 is 16.4 Å². The lowest BCUT2D eigenvalue weighted by Crippen LogP contribution is -2.43. The highest BCUT2D eigenvalue weighted by Gasteiger charge is 2.14. The summed E-state index contributed by atoms with van der Waals surface area (Å²) in [5, 5.41) is 5.83. The number of hydrogen-bond donors (Lipinski definition) is 3. The molecule has 0 bridgehead atoms. The van der Waals surface area contributed by atoms with E-state index in [0.717, 1.165) is 19.3 Å². The van der Waals surface area contributed by atoms with Crippen molar-refractivity contribution in [2.75, 3.05) is 6.54 Å².